The Hall–Kier alpha value is -1.40. The lowest BCUT2D eigenvalue weighted by molar-refractivity contribution is -0.0301. The Morgan fingerprint density at radius 3 is 2.43 bits per heavy atom. The van der Waals surface area contributed by atoms with Gasteiger partial charge in [0.1, 0.15) is 0 Å². The lowest BCUT2D eigenvalue weighted by atomic mass is 9.80. The van der Waals surface area contributed by atoms with E-state index in [-0.39, 0.29) is 0 Å². The molecule has 0 N–H and O–H groups in total. The molecular weight excluding hydrogens is 579 g/mol. The Kier molecular flexibility index (Phi) is 11.0. The van der Waals surface area contributed by atoms with Gasteiger partial charge < -0.3 is 9.64 Å². The summed E-state index contributed by atoms with van der Waals surface area (Å²) in [5.41, 5.74) is 3.99. The van der Waals surface area contributed by atoms with Crippen LogP contribution in [0.2, 0.25) is 10.0 Å². The van der Waals surface area contributed by atoms with Gasteiger partial charge in [0.05, 0.1) is 12.7 Å². The minimum absolute atomic E-state index is 0.410. The second-order valence-corrected chi connectivity index (χ2v) is 14.7. The van der Waals surface area contributed by atoms with E-state index in [1.807, 2.05) is 23.5 Å². The molecule has 0 amide bonds. The molecule has 1 aliphatic carbocycles. The number of piperidine rings is 1. The van der Waals surface area contributed by atoms with Gasteiger partial charge in [0.2, 0.25) is 0 Å². The molecular formula is C36H46Cl2N2OS. The average molecular weight is 626 g/mol. The molecule has 2 aliphatic heterocycles. The van der Waals surface area contributed by atoms with Crippen LogP contribution in [0, 0.1) is 17.8 Å². The molecule has 42 heavy (non-hydrogen) atoms. The monoisotopic (exact) mass is 624 g/mol. The highest BCUT2D eigenvalue weighted by molar-refractivity contribution is 7.08. The molecule has 226 valence electrons. The maximum Gasteiger partial charge on any atom is 0.0720 e. The summed E-state index contributed by atoms with van der Waals surface area (Å²) in [6.07, 6.45) is 11.1. The van der Waals surface area contributed by atoms with Gasteiger partial charge in [-0.05, 0) is 109 Å². The minimum Gasteiger partial charge on any atom is -0.373 e. The molecule has 0 bridgehead atoms. The topological polar surface area (TPSA) is 15.7 Å². The molecule has 1 aromatic heterocycles. The third-order valence-electron chi connectivity index (χ3n) is 10.1. The average Bonchev–Trinajstić information content (AvgIpc) is 3.69. The van der Waals surface area contributed by atoms with Crippen LogP contribution < -0.4 is 0 Å². The summed E-state index contributed by atoms with van der Waals surface area (Å²) >= 11 is 14.5. The predicted octanol–water partition coefficient (Wildman–Crippen LogP) is 9.54. The smallest absolute Gasteiger partial charge is 0.0720 e. The van der Waals surface area contributed by atoms with Gasteiger partial charge in [0, 0.05) is 42.1 Å². The third-order valence-corrected chi connectivity index (χ3v) is 11.4. The molecule has 3 nitrogen and oxygen atoms in total. The van der Waals surface area contributed by atoms with Crippen molar-refractivity contribution in [2.75, 3.05) is 32.7 Å². The van der Waals surface area contributed by atoms with E-state index < -0.39 is 0 Å². The summed E-state index contributed by atoms with van der Waals surface area (Å²) in [4.78, 5) is 5.37. The quantitative estimate of drug-likeness (QED) is 0.211. The largest absolute Gasteiger partial charge is 0.373 e. The molecule has 6 heteroatoms. The highest BCUT2D eigenvalue weighted by Gasteiger charge is 2.36. The minimum atomic E-state index is 0.410. The molecule has 3 fully saturated rings. The molecule has 3 heterocycles. The molecule has 0 spiro atoms. The van der Waals surface area contributed by atoms with E-state index in [1.54, 1.807) is 0 Å². The fourth-order valence-electron chi connectivity index (χ4n) is 7.77. The number of likely N-dealkylation sites (tertiary alicyclic amines) is 2. The van der Waals surface area contributed by atoms with Crippen molar-refractivity contribution in [1.82, 2.24) is 9.80 Å². The van der Waals surface area contributed by atoms with Crippen LogP contribution in [0.4, 0.5) is 0 Å². The van der Waals surface area contributed by atoms with Crippen LogP contribution in [0.3, 0.4) is 0 Å². The highest BCUT2D eigenvalue weighted by Crippen LogP contribution is 2.38. The first-order valence-corrected chi connectivity index (χ1v) is 17.9. The third kappa shape index (κ3) is 8.20. The van der Waals surface area contributed by atoms with Crippen LogP contribution >= 0.6 is 34.5 Å². The maximum atomic E-state index is 6.70. The van der Waals surface area contributed by atoms with Crippen molar-refractivity contribution in [3.63, 3.8) is 0 Å². The number of thiophene rings is 1. The molecule has 1 saturated carbocycles. The van der Waals surface area contributed by atoms with Crippen LogP contribution in [0.1, 0.15) is 74.0 Å². The molecule has 3 aromatic rings. The van der Waals surface area contributed by atoms with Crippen LogP contribution in [0.15, 0.2) is 65.4 Å². The number of hydrogen-bond acceptors (Lipinski definition) is 4. The Morgan fingerprint density at radius 2 is 1.69 bits per heavy atom. The zero-order chi connectivity index (χ0) is 28.7. The molecule has 0 radical (unpaired) electrons. The van der Waals surface area contributed by atoms with Gasteiger partial charge in [-0.3, -0.25) is 4.90 Å². The van der Waals surface area contributed by atoms with E-state index in [0.717, 1.165) is 43.1 Å². The van der Waals surface area contributed by atoms with Crippen LogP contribution in [-0.2, 0) is 17.9 Å². The van der Waals surface area contributed by atoms with Crippen molar-refractivity contribution in [3.05, 3.63) is 92.1 Å². The van der Waals surface area contributed by atoms with E-state index in [1.165, 1.54) is 87.7 Å². The van der Waals surface area contributed by atoms with Crippen LogP contribution in [0.5, 0.6) is 0 Å². The van der Waals surface area contributed by atoms with Gasteiger partial charge in [-0.25, -0.2) is 0 Å². The summed E-state index contributed by atoms with van der Waals surface area (Å²) in [7, 11) is 0. The Bertz CT molecular complexity index is 1220. The van der Waals surface area contributed by atoms with E-state index in [4.69, 9.17) is 27.9 Å². The highest BCUT2D eigenvalue weighted by atomic mass is 35.5. The zero-order valence-corrected chi connectivity index (χ0v) is 27.1. The Morgan fingerprint density at radius 1 is 0.881 bits per heavy atom. The van der Waals surface area contributed by atoms with Crippen molar-refractivity contribution in [2.24, 2.45) is 17.8 Å². The van der Waals surface area contributed by atoms with E-state index in [2.05, 4.69) is 63.0 Å². The fourth-order valence-corrected chi connectivity index (χ4v) is 8.97. The van der Waals surface area contributed by atoms with Crippen molar-refractivity contribution >= 4 is 34.5 Å². The van der Waals surface area contributed by atoms with Gasteiger partial charge in [-0.1, -0.05) is 78.9 Å². The van der Waals surface area contributed by atoms with Crippen LogP contribution in [0.25, 0.3) is 0 Å². The first-order chi connectivity index (χ1) is 20.6. The first-order valence-electron chi connectivity index (χ1n) is 16.2. The number of halogens is 2. The molecule has 2 saturated heterocycles. The Balaban J connectivity index is 1.04. The number of nitrogens with zero attached hydrogens (tertiary/aromatic N) is 2. The van der Waals surface area contributed by atoms with Gasteiger partial charge in [0.25, 0.3) is 0 Å². The summed E-state index contributed by atoms with van der Waals surface area (Å²) < 4.78 is 6.70. The maximum absolute atomic E-state index is 6.70. The predicted molar refractivity (Wildman–Crippen MR) is 178 cm³/mol. The van der Waals surface area contributed by atoms with Crippen molar-refractivity contribution in [3.8, 4) is 0 Å². The summed E-state index contributed by atoms with van der Waals surface area (Å²) in [6.45, 7) is 7.49. The summed E-state index contributed by atoms with van der Waals surface area (Å²) in [6, 6.07) is 19.0. The number of rotatable bonds is 11. The zero-order valence-electron chi connectivity index (χ0n) is 24.8. The first kappa shape index (κ1) is 30.6. The SMILES string of the molecule is Clc1ccc(CN2CC(CN3CCC(C[C@H](OCc4ccccc4)C4CCCCC4)CC3)C(c3ccsc3)C2)c(Cl)c1. The van der Waals surface area contributed by atoms with Gasteiger partial charge >= 0.3 is 0 Å². The summed E-state index contributed by atoms with van der Waals surface area (Å²) in [5, 5.41) is 6.08. The van der Waals surface area contributed by atoms with E-state index in [0.29, 0.717) is 23.0 Å². The van der Waals surface area contributed by atoms with E-state index in [9.17, 15) is 0 Å². The molecule has 2 aromatic carbocycles. The molecule has 6 rings (SSSR count). The normalized spacial score (nSPS) is 23.9. The van der Waals surface area contributed by atoms with E-state index >= 15 is 0 Å². The van der Waals surface area contributed by atoms with Gasteiger partial charge in [-0.15, -0.1) is 0 Å². The van der Waals surface area contributed by atoms with Crippen molar-refractivity contribution < 1.29 is 4.74 Å². The standard InChI is InChI=1S/C36H46Cl2N2OS/c37-33-12-11-30(35(38)20-33)21-40-23-32(34(24-40)31-15-18-42-26-31)22-39-16-13-27(14-17-39)19-36(29-9-5-2-6-10-29)41-25-28-7-3-1-4-8-28/h1,3-4,7-8,11-12,15,18,20,26-27,29,32,34,36H,2,5-6,9-10,13-14,16-17,19,21-25H2/t32?,34?,36-/m0/s1. The van der Waals surface area contributed by atoms with Gasteiger partial charge in [-0.2, -0.15) is 11.3 Å². The number of hydrogen-bond donors (Lipinski definition) is 0. The van der Waals surface area contributed by atoms with Crippen LogP contribution in [-0.4, -0.2) is 48.6 Å². The second-order valence-electron chi connectivity index (χ2n) is 13.1. The summed E-state index contributed by atoms with van der Waals surface area (Å²) in [5.74, 6) is 2.75. The number of ether oxygens (including phenoxy) is 1. The van der Waals surface area contributed by atoms with Crippen molar-refractivity contribution in [2.45, 2.75) is 76.5 Å². The Labute approximate surface area is 267 Å². The van der Waals surface area contributed by atoms with Gasteiger partial charge in [0.15, 0.2) is 0 Å². The molecule has 3 atom stereocenters. The van der Waals surface area contributed by atoms with Crippen molar-refractivity contribution in [1.29, 1.82) is 0 Å². The number of benzene rings is 2. The fraction of sp³-hybridized carbons (Fsp3) is 0.556. The lowest BCUT2D eigenvalue weighted by Crippen LogP contribution is -2.40. The molecule has 3 aliphatic rings. The molecule has 2 unspecified atom stereocenters. The lowest BCUT2D eigenvalue weighted by Gasteiger charge is -2.38. The second kappa shape index (κ2) is 15.1.